The lowest BCUT2D eigenvalue weighted by Gasteiger charge is -2.19. The Balaban J connectivity index is 2.46. The summed E-state index contributed by atoms with van der Waals surface area (Å²) < 4.78 is 0. The number of carboxylic acids is 1. The van der Waals surface area contributed by atoms with Crippen molar-refractivity contribution >= 4 is 11.9 Å². The number of amides is 1. The fraction of sp³-hybridized carbons (Fsp3) is 0.833. The fourth-order valence-corrected chi connectivity index (χ4v) is 1.51. The number of rotatable bonds is 6. The van der Waals surface area contributed by atoms with Crippen molar-refractivity contribution in [2.24, 2.45) is 17.8 Å². The molecule has 0 aromatic carbocycles. The molecule has 1 amide bonds. The van der Waals surface area contributed by atoms with E-state index < -0.39 is 12.0 Å². The summed E-state index contributed by atoms with van der Waals surface area (Å²) in [4.78, 5) is 22.7. The fourth-order valence-electron chi connectivity index (χ4n) is 1.51. The minimum Gasteiger partial charge on any atom is -0.480 e. The van der Waals surface area contributed by atoms with Gasteiger partial charge in [-0.15, -0.1) is 0 Å². The lowest BCUT2D eigenvalue weighted by atomic mass is 9.96. The zero-order valence-electron chi connectivity index (χ0n) is 10.2. The van der Waals surface area contributed by atoms with Gasteiger partial charge in [0.25, 0.3) is 0 Å². The summed E-state index contributed by atoms with van der Waals surface area (Å²) in [6.45, 7) is 5.75. The number of hydrogen-bond donors (Lipinski definition) is 2. The minimum atomic E-state index is -0.920. The van der Waals surface area contributed by atoms with E-state index in [-0.39, 0.29) is 17.7 Å². The zero-order chi connectivity index (χ0) is 12.3. The summed E-state index contributed by atoms with van der Waals surface area (Å²) in [5.41, 5.74) is 0. The van der Waals surface area contributed by atoms with Crippen LogP contribution in [0.15, 0.2) is 0 Å². The first-order valence-electron chi connectivity index (χ1n) is 5.95. The molecule has 2 unspecified atom stereocenters. The molecule has 1 saturated carbocycles. The molecular weight excluding hydrogens is 206 g/mol. The maximum Gasteiger partial charge on any atom is 0.326 e. The maximum atomic E-state index is 11.7. The first kappa shape index (κ1) is 13.0. The van der Waals surface area contributed by atoms with E-state index in [0.29, 0.717) is 12.3 Å². The van der Waals surface area contributed by atoms with E-state index in [2.05, 4.69) is 5.32 Å². The molecule has 0 aromatic rings. The second-order valence-electron chi connectivity index (χ2n) is 5.11. The Morgan fingerprint density at radius 3 is 2.25 bits per heavy atom. The Morgan fingerprint density at radius 2 is 1.88 bits per heavy atom. The van der Waals surface area contributed by atoms with Crippen molar-refractivity contribution in [1.29, 1.82) is 0 Å². The molecule has 0 aliphatic heterocycles. The van der Waals surface area contributed by atoms with Crippen LogP contribution in [0.1, 0.15) is 40.0 Å². The SMILES string of the molecule is CC(C)C(C)C(=O)NC(CC1CC1)C(=O)O. The van der Waals surface area contributed by atoms with Crippen LogP contribution in [-0.4, -0.2) is 23.0 Å². The quantitative estimate of drug-likeness (QED) is 0.725. The van der Waals surface area contributed by atoms with Crippen LogP contribution in [0.4, 0.5) is 0 Å². The zero-order valence-corrected chi connectivity index (χ0v) is 10.2. The lowest BCUT2D eigenvalue weighted by molar-refractivity contribution is -0.143. The average molecular weight is 227 g/mol. The smallest absolute Gasteiger partial charge is 0.326 e. The number of hydrogen-bond acceptors (Lipinski definition) is 2. The summed E-state index contributed by atoms with van der Waals surface area (Å²) in [5.74, 6) is -0.480. The van der Waals surface area contributed by atoms with Gasteiger partial charge in [0.15, 0.2) is 0 Å². The summed E-state index contributed by atoms with van der Waals surface area (Å²) in [6, 6.07) is -0.707. The highest BCUT2D eigenvalue weighted by Crippen LogP contribution is 2.33. The molecule has 16 heavy (non-hydrogen) atoms. The van der Waals surface area contributed by atoms with Crippen LogP contribution in [0.3, 0.4) is 0 Å². The maximum absolute atomic E-state index is 11.7. The van der Waals surface area contributed by atoms with E-state index in [1.165, 1.54) is 0 Å². The molecule has 1 aliphatic rings. The van der Waals surface area contributed by atoms with Gasteiger partial charge in [-0.1, -0.05) is 33.6 Å². The molecule has 2 atom stereocenters. The third-order valence-corrected chi connectivity index (χ3v) is 3.29. The highest BCUT2D eigenvalue weighted by molar-refractivity contribution is 5.84. The molecule has 1 rings (SSSR count). The monoisotopic (exact) mass is 227 g/mol. The van der Waals surface area contributed by atoms with E-state index >= 15 is 0 Å². The van der Waals surface area contributed by atoms with Crippen molar-refractivity contribution in [1.82, 2.24) is 5.32 Å². The molecule has 92 valence electrons. The molecule has 4 heteroatoms. The van der Waals surface area contributed by atoms with E-state index in [9.17, 15) is 9.59 Å². The molecule has 4 nitrogen and oxygen atoms in total. The molecule has 2 N–H and O–H groups in total. The van der Waals surface area contributed by atoms with Crippen LogP contribution in [0.25, 0.3) is 0 Å². The van der Waals surface area contributed by atoms with Gasteiger partial charge in [-0.2, -0.15) is 0 Å². The van der Waals surface area contributed by atoms with Crippen molar-refractivity contribution in [3.63, 3.8) is 0 Å². The van der Waals surface area contributed by atoms with Crippen molar-refractivity contribution in [2.75, 3.05) is 0 Å². The van der Waals surface area contributed by atoms with Gasteiger partial charge in [0.1, 0.15) is 6.04 Å². The first-order chi connectivity index (χ1) is 7.41. The normalized spacial score (nSPS) is 19.2. The average Bonchev–Trinajstić information content (AvgIpc) is 2.98. The van der Waals surface area contributed by atoms with Crippen molar-refractivity contribution < 1.29 is 14.7 Å². The van der Waals surface area contributed by atoms with Gasteiger partial charge < -0.3 is 10.4 Å². The second-order valence-corrected chi connectivity index (χ2v) is 5.11. The lowest BCUT2D eigenvalue weighted by Crippen LogP contribution is -2.44. The predicted molar refractivity (Wildman–Crippen MR) is 60.9 cm³/mol. The molecule has 0 bridgehead atoms. The number of nitrogens with one attached hydrogen (secondary N) is 1. The highest BCUT2D eigenvalue weighted by Gasteiger charge is 2.31. The van der Waals surface area contributed by atoms with Gasteiger partial charge in [-0.3, -0.25) is 4.79 Å². The van der Waals surface area contributed by atoms with Crippen LogP contribution in [0.5, 0.6) is 0 Å². The Hall–Kier alpha value is -1.06. The molecule has 0 spiro atoms. The number of carbonyl (C=O) groups is 2. The number of carboxylic acid groups (broad SMARTS) is 1. The highest BCUT2D eigenvalue weighted by atomic mass is 16.4. The third kappa shape index (κ3) is 3.83. The molecule has 0 heterocycles. The van der Waals surface area contributed by atoms with Crippen LogP contribution in [0.2, 0.25) is 0 Å². The van der Waals surface area contributed by atoms with Crippen LogP contribution >= 0.6 is 0 Å². The number of carbonyl (C=O) groups excluding carboxylic acids is 1. The molecule has 0 saturated heterocycles. The van der Waals surface area contributed by atoms with Crippen LogP contribution in [-0.2, 0) is 9.59 Å². The molecule has 0 radical (unpaired) electrons. The van der Waals surface area contributed by atoms with Crippen molar-refractivity contribution in [2.45, 2.75) is 46.1 Å². The van der Waals surface area contributed by atoms with Crippen molar-refractivity contribution in [3.05, 3.63) is 0 Å². The summed E-state index contributed by atoms with van der Waals surface area (Å²) in [5, 5.41) is 11.6. The first-order valence-corrected chi connectivity index (χ1v) is 5.95. The van der Waals surface area contributed by atoms with Gasteiger partial charge in [0, 0.05) is 5.92 Å². The topological polar surface area (TPSA) is 66.4 Å². The molecule has 1 fully saturated rings. The molecular formula is C12H21NO3. The van der Waals surface area contributed by atoms with Gasteiger partial charge in [-0.05, 0) is 18.3 Å². The van der Waals surface area contributed by atoms with Gasteiger partial charge in [0.05, 0.1) is 0 Å². The third-order valence-electron chi connectivity index (χ3n) is 3.29. The van der Waals surface area contributed by atoms with E-state index in [4.69, 9.17) is 5.11 Å². The summed E-state index contributed by atoms with van der Waals surface area (Å²) in [6.07, 6.45) is 2.77. The molecule has 0 aromatic heterocycles. The van der Waals surface area contributed by atoms with E-state index in [1.807, 2.05) is 20.8 Å². The Labute approximate surface area is 96.4 Å². The van der Waals surface area contributed by atoms with Crippen LogP contribution in [0, 0.1) is 17.8 Å². The Morgan fingerprint density at radius 1 is 1.31 bits per heavy atom. The van der Waals surface area contributed by atoms with Gasteiger partial charge >= 0.3 is 5.97 Å². The second kappa shape index (κ2) is 5.32. The summed E-state index contributed by atoms with van der Waals surface area (Å²) in [7, 11) is 0. The van der Waals surface area contributed by atoms with Crippen molar-refractivity contribution in [3.8, 4) is 0 Å². The van der Waals surface area contributed by atoms with E-state index in [0.717, 1.165) is 12.8 Å². The predicted octanol–water partition coefficient (Wildman–Crippen LogP) is 1.65. The number of aliphatic carboxylic acids is 1. The van der Waals surface area contributed by atoms with Gasteiger partial charge in [0.2, 0.25) is 5.91 Å². The van der Waals surface area contributed by atoms with E-state index in [1.54, 1.807) is 0 Å². The summed E-state index contributed by atoms with van der Waals surface area (Å²) >= 11 is 0. The van der Waals surface area contributed by atoms with Gasteiger partial charge in [-0.25, -0.2) is 4.79 Å². The van der Waals surface area contributed by atoms with Crippen LogP contribution < -0.4 is 5.32 Å². The molecule has 1 aliphatic carbocycles. The Kier molecular flexibility index (Phi) is 4.33. The largest absolute Gasteiger partial charge is 0.480 e. The standard InChI is InChI=1S/C12H21NO3/c1-7(2)8(3)11(14)13-10(12(15)16)6-9-4-5-9/h7-10H,4-6H2,1-3H3,(H,13,14)(H,15,16). The Bertz CT molecular complexity index is 271. The minimum absolute atomic E-state index is 0.138.